The van der Waals surface area contributed by atoms with Crippen LogP contribution in [0.5, 0.6) is 0 Å². The summed E-state index contributed by atoms with van der Waals surface area (Å²) in [7, 11) is 0. The molecule has 0 aliphatic rings. The van der Waals surface area contributed by atoms with Crippen LogP contribution in [0, 0.1) is 0 Å². The number of fused-ring (bicyclic) bond motifs is 1. The lowest BCUT2D eigenvalue weighted by Crippen LogP contribution is -2.28. The molecule has 0 aliphatic carbocycles. The van der Waals surface area contributed by atoms with E-state index in [0.29, 0.717) is 0 Å². The van der Waals surface area contributed by atoms with Gasteiger partial charge in [0.2, 0.25) is 0 Å². The smallest absolute Gasteiger partial charge is 0.0954 e. The van der Waals surface area contributed by atoms with E-state index in [1.807, 2.05) is 18.2 Å². The maximum absolute atomic E-state index is 6.02. The molecule has 3 N–H and O–H groups in total. The summed E-state index contributed by atoms with van der Waals surface area (Å²) < 4.78 is 0.942. The third-order valence-electron chi connectivity index (χ3n) is 3.49. The Balaban J connectivity index is 2.16. The Morgan fingerprint density at radius 1 is 1.30 bits per heavy atom. The van der Waals surface area contributed by atoms with Crippen molar-refractivity contribution in [2.75, 3.05) is 37.2 Å². The lowest BCUT2D eigenvalue weighted by molar-refractivity contribution is 0.316. The Kier molecular flexibility index (Phi) is 5.20. The van der Waals surface area contributed by atoms with E-state index in [1.165, 1.54) is 0 Å². The molecule has 1 aromatic carbocycles. The number of nitrogens with zero attached hydrogens (tertiary/aromatic N) is 2. The number of hydrogen-bond donors (Lipinski definition) is 2. The molecule has 0 fully saturated rings. The highest BCUT2D eigenvalue weighted by Crippen LogP contribution is 2.28. The molecule has 2 aromatic rings. The molecule has 5 heteroatoms. The third kappa shape index (κ3) is 3.41. The highest BCUT2D eigenvalue weighted by atomic mass is 79.9. The van der Waals surface area contributed by atoms with E-state index < -0.39 is 0 Å². The predicted molar refractivity (Wildman–Crippen MR) is 90.1 cm³/mol. The Morgan fingerprint density at radius 3 is 2.75 bits per heavy atom. The number of nitrogens with two attached hydrogens (primary N) is 1. The second-order valence-electron chi connectivity index (χ2n) is 4.71. The highest BCUT2D eigenvalue weighted by Gasteiger charge is 2.06. The van der Waals surface area contributed by atoms with Gasteiger partial charge >= 0.3 is 0 Å². The van der Waals surface area contributed by atoms with Crippen LogP contribution in [-0.2, 0) is 0 Å². The summed E-state index contributed by atoms with van der Waals surface area (Å²) >= 11 is 3.44. The van der Waals surface area contributed by atoms with E-state index in [-0.39, 0.29) is 0 Å². The van der Waals surface area contributed by atoms with Crippen molar-refractivity contribution in [1.29, 1.82) is 0 Å². The Bertz CT molecular complexity index is 581. The van der Waals surface area contributed by atoms with Gasteiger partial charge in [-0.1, -0.05) is 13.8 Å². The molecule has 0 radical (unpaired) electrons. The summed E-state index contributed by atoms with van der Waals surface area (Å²) in [4.78, 5) is 6.86. The van der Waals surface area contributed by atoms with Crippen molar-refractivity contribution in [3.8, 4) is 0 Å². The quantitative estimate of drug-likeness (QED) is 0.794. The molecule has 0 atom stereocenters. The van der Waals surface area contributed by atoms with Gasteiger partial charge in [0.15, 0.2) is 0 Å². The summed E-state index contributed by atoms with van der Waals surface area (Å²) in [5, 5.41) is 4.44. The zero-order valence-electron chi connectivity index (χ0n) is 12.0. The third-order valence-corrected chi connectivity index (χ3v) is 3.92. The molecular formula is C15H21BrN4. The number of nitrogen functional groups attached to an aromatic ring is 1. The number of pyridine rings is 1. The maximum atomic E-state index is 6.02. The van der Waals surface area contributed by atoms with Crippen LogP contribution >= 0.6 is 15.9 Å². The van der Waals surface area contributed by atoms with Crippen LogP contribution < -0.4 is 11.1 Å². The van der Waals surface area contributed by atoms with Gasteiger partial charge < -0.3 is 16.0 Å². The SMILES string of the molecule is CCN(CC)CCNc1ccc(N)c2cc(Br)cnc12. The molecule has 1 heterocycles. The minimum atomic E-state index is 0.753. The van der Waals surface area contributed by atoms with Crippen LogP contribution in [0.25, 0.3) is 10.9 Å². The van der Waals surface area contributed by atoms with Gasteiger partial charge in [0, 0.05) is 34.8 Å². The number of halogens is 1. The summed E-state index contributed by atoms with van der Waals surface area (Å²) in [5.41, 5.74) is 8.73. The van der Waals surface area contributed by atoms with Gasteiger partial charge in [-0.05, 0) is 47.2 Å². The number of rotatable bonds is 6. The largest absolute Gasteiger partial charge is 0.398 e. The van der Waals surface area contributed by atoms with Gasteiger partial charge in [0.05, 0.1) is 11.2 Å². The minimum Gasteiger partial charge on any atom is -0.398 e. The van der Waals surface area contributed by atoms with Crippen LogP contribution in [0.4, 0.5) is 11.4 Å². The summed E-state index contributed by atoms with van der Waals surface area (Å²) in [5.74, 6) is 0. The van der Waals surface area contributed by atoms with Crippen molar-refractivity contribution in [2.45, 2.75) is 13.8 Å². The first-order valence-corrected chi connectivity index (χ1v) is 7.75. The maximum Gasteiger partial charge on any atom is 0.0954 e. The highest BCUT2D eigenvalue weighted by molar-refractivity contribution is 9.10. The molecule has 108 valence electrons. The van der Waals surface area contributed by atoms with E-state index in [4.69, 9.17) is 5.73 Å². The summed E-state index contributed by atoms with van der Waals surface area (Å²) in [6, 6.07) is 5.93. The first kappa shape index (κ1) is 15.1. The zero-order chi connectivity index (χ0) is 14.5. The lowest BCUT2D eigenvalue weighted by Gasteiger charge is -2.19. The molecule has 1 aromatic heterocycles. The number of benzene rings is 1. The fourth-order valence-corrected chi connectivity index (χ4v) is 2.58. The van der Waals surface area contributed by atoms with Crippen LogP contribution in [0.1, 0.15) is 13.8 Å². The Labute approximate surface area is 128 Å². The number of hydrogen-bond acceptors (Lipinski definition) is 4. The van der Waals surface area contributed by atoms with Gasteiger partial charge in [0.1, 0.15) is 0 Å². The molecule has 0 amide bonds. The summed E-state index contributed by atoms with van der Waals surface area (Å²) in [6.45, 7) is 8.44. The monoisotopic (exact) mass is 336 g/mol. The molecule has 20 heavy (non-hydrogen) atoms. The fraction of sp³-hybridized carbons (Fsp3) is 0.400. The van der Waals surface area contributed by atoms with Crippen molar-refractivity contribution >= 4 is 38.2 Å². The van der Waals surface area contributed by atoms with E-state index >= 15 is 0 Å². The van der Waals surface area contributed by atoms with Crippen molar-refractivity contribution in [1.82, 2.24) is 9.88 Å². The molecule has 0 aliphatic heterocycles. The number of nitrogens with one attached hydrogen (secondary N) is 1. The van der Waals surface area contributed by atoms with Crippen molar-refractivity contribution in [3.05, 3.63) is 28.9 Å². The standard InChI is InChI=1S/C15H21BrN4/c1-3-20(4-2)8-7-18-14-6-5-13(17)12-9-11(16)10-19-15(12)14/h5-6,9-10,18H,3-4,7-8,17H2,1-2H3. The molecule has 0 saturated heterocycles. The van der Waals surface area contributed by atoms with Gasteiger partial charge in [-0.2, -0.15) is 0 Å². The second-order valence-corrected chi connectivity index (χ2v) is 5.62. The second kappa shape index (κ2) is 6.90. The molecular weight excluding hydrogens is 316 g/mol. The number of anilines is 2. The molecule has 0 bridgehead atoms. The summed E-state index contributed by atoms with van der Waals surface area (Å²) in [6.07, 6.45) is 1.80. The zero-order valence-corrected chi connectivity index (χ0v) is 13.6. The minimum absolute atomic E-state index is 0.753. The van der Waals surface area contributed by atoms with Crippen molar-refractivity contribution in [3.63, 3.8) is 0 Å². The average Bonchev–Trinajstić information content (AvgIpc) is 2.46. The van der Waals surface area contributed by atoms with Crippen LogP contribution in [0.2, 0.25) is 0 Å². The topological polar surface area (TPSA) is 54.2 Å². The Morgan fingerprint density at radius 2 is 2.05 bits per heavy atom. The first-order chi connectivity index (χ1) is 9.65. The van der Waals surface area contributed by atoms with Crippen molar-refractivity contribution in [2.24, 2.45) is 0 Å². The molecule has 2 rings (SSSR count). The van der Waals surface area contributed by atoms with Gasteiger partial charge in [-0.15, -0.1) is 0 Å². The van der Waals surface area contributed by atoms with Crippen LogP contribution in [0.15, 0.2) is 28.9 Å². The lowest BCUT2D eigenvalue weighted by atomic mass is 10.1. The number of aromatic nitrogens is 1. The van der Waals surface area contributed by atoms with Crippen LogP contribution in [-0.4, -0.2) is 36.1 Å². The first-order valence-electron chi connectivity index (χ1n) is 6.95. The molecule has 0 saturated carbocycles. The van der Waals surface area contributed by atoms with Gasteiger partial charge in [-0.25, -0.2) is 0 Å². The van der Waals surface area contributed by atoms with Gasteiger partial charge in [-0.3, -0.25) is 4.98 Å². The normalized spacial score (nSPS) is 11.2. The van der Waals surface area contributed by atoms with Crippen LogP contribution in [0.3, 0.4) is 0 Å². The van der Waals surface area contributed by atoms with E-state index in [2.05, 4.69) is 45.0 Å². The molecule has 4 nitrogen and oxygen atoms in total. The predicted octanol–water partition coefficient (Wildman–Crippen LogP) is 3.33. The fourth-order valence-electron chi connectivity index (χ4n) is 2.25. The van der Waals surface area contributed by atoms with Gasteiger partial charge in [0.25, 0.3) is 0 Å². The number of likely N-dealkylation sites (N-methyl/N-ethyl adjacent to an activating group) is 1. The van der Waals surface area contributed by atoms with E-state index in [9.17, 15) is 0 Å². The van der Waals surface area contributed by atoms with E-state index in [0.717, 1.165) is 52.9 Å². The van der Waals surface area contributed by atoms with E-state index in [1.54, 1.807) is 6.20 Å². The molecule has 0 spiro atoms. The Hall–Kier alpha value is -1.33. The van der Waals surface area contributed by atoms with Crippen molar-refractivity contribution < 1.29 is 0 Å². The molecule has 0 unspecified atom stereocenters. The average molecular weight is 337 g/mol.